The van der Waals surface area contributed by atoms with Gasteiger partial charge in [-0.2, -0.15) is 13.2 Å². The molecule has 2 aliphatic heterocycles. The SMILES string of the molecule is O=C(C1CCCCC1)N(c1ccc(C(F)(F)F)cn1)C1CCN(C2CCN(CCOc3ccccc3)CC2)CC1. The van der Waals surface area contributed by atoms with E-state index in [9.17, 15) is 18.0 Å². The molecule has 0 radical (unpaired) electrons. The standard InChI is InChI=1S/C31H41F3N4O2/c32-31(33,34)25-11-12-29(35-23-25)38(30(39)24-7-3-1-4-8-24)27-15-19-37(20-16-27)26-13-17-36(18-14-26)21-22-40-28-9-5-2-6-10-28/h2,5-6,9-12,23-24,26-27H,1,3-4,7-8,13-22H2. The number of likely N-dealkylation sites (tertiary alicyclic amines) is 2. The summed E-state index contributed by atoms with van der Waals surface area (Å²) in [6.45, 7) is 5.48. The molecule has 0 bridgehead atoms. The van der Waals surface area contributed by atoms with Gasteiger partial charge in [-0.1, -0.05) is 37.5 Å². The summed E-state index contributed by atoms with van der Waals surface area (Å²) in [4.78, 5) is 24.6. The molecule has 1 amide bonds. The molecule has 3 aliphatic rings. The Morgan fingerprint density at radius 2 is 1.60 bits per heavy atom. The Morgan fingerprint density at radius 1 is 0.900 bits per heavy atom. The van der Waals surface area contributed by atoms with E-state index in [0.717, 1.165) is 109 Å². The number of carbonyl (C=O) groups excluding carboxylic acids is 1. The highest BCUT2D eigenvalue weighted by Gasteiger charge is 2.37. The highest BCUT2D eigenvalue weighted by atomic mass is 19.4. The van der Waals surface area contributed by atoms with Crippen molar-refractivity contribution >= 4 is 11.7 Å². The first-order chi connectivity index (χ1) is 19.4. The van der Waals surface area contributed by atoms with E-state index in [1.807, 2.05) is 30.3 Å². The van der Waals surface area contributed by atoms with Crippen LogP contribution in [0.2, 0.25) is 0 Å². The number of carbonyl (C=O) groups is 1. The Hall–Kier alpha value is -2.65. The monoisotopic (exact) mass is 558 g/mol. The van der Waals surface area contributed by atoms with Crippen LogP contribution < -0.4 is 9.64 Å². The molecular weight excluding hydrogens is 517 g/mol. The lowest BCUT2D eigenvalue weighted by Gasteiger charge is -2.44. The molecule has 1 saturated carbocycles. The molecule has 9 heteroatoms. The van der Waals surface area contributed by atoms with Crippen LogP contribution in [0.3, 0.4) is 0 Å². The van der Waals surface area contributed by atoms with Crippen LogP contribution in [0.25, 0.3) is 0 Å². The molecule has 2 aromatic rings. The molecule has 40 heavy (non-hydrogen) atoms. The summed E-state index contributed by atoms with van der Waals surface area (Å²) in [6.07, 6.45) is 5.17. The summed E-state index contributed by atoms with van der Waals surface area (Å²) in [6, 6.07) is 12.8. The third-order valence-electron chi connectivity index (χ3n) is 8.87. The third kappa shape index (κ3) is 7.35. The predicted octanol–water partition coefficient (Wildman–Crippen LogP) is 6.02. The summed E-state index contributed by atoms with van der Waals surface area (Å²) in [5.74, 6) is 1.23. The average Bonchev–Trinajstić information content (AvgIpc) is 2.99. The Balaban J connectivity index is 1.15. The van der Waals surface area contributed by atoms with Gasteiger partial charge in [0.2, 0.25) is 5.91 Å². The maximum absolute atomic E-state index is 13.7. The summed E-state index contributed by atoms with van der Waals surface area (Å²) in [5, 5.41) is 0. The van der Waals surface area contributed by atoms with Crippen LogP contribution in [-0.4, -0.2) is 72.1 Å². The van der Waals surface area contributed by atoms with Gasteiger partial charge < -0.3 is 9.64 Å². The zero-order chi connectivity index (χ0) is 28.0. The fourth-order valence-corrected chi connectivity index (χ4v) is 6.55. The van der Waals surface area contributed by atoms with Gasteiger partial charge in [0.1, 0.15) is 18.2 Å². The molecular formula is C31H41F3N4O2. The fourth-order valence-electron chi connectivity index (χ4n) is 6.55. The van der Waals surface area contributed by atoms with Crippen molar-refractivity contribution in [3.63, 3.8) is 0 Å². The number of piperidine rings is 2. The first-order valence-electron chi connectivity index (χ1n) is 14.9. The number of pyridine rings is 1. The Morgan fingerprint density at radius 3 is 2.23 bits per heavy atom. The lowest BCUT2D eigenvalue weighted by molar-refractivity contribution is -0.137. The normalized spacial score (nSPS) is 20.9. The fraction of sp³-hybridized carbons (Fsp3) is 0.613. The summed E-state index contributed by atoms with van der Waals surface area (Å²) < 4.78 is 45.4. The van der Waals surface area contributed by atoms with E-state index in [2.05, 4.69) is 14.8 Å². The minimum Gasteiger partial charge on any atom is -0.492 e. The van der Waals surface area contributed by atoms with Gasteiger partial charge in [0.15, 0.2) is 0 Å². The van der Waals surface area contributed by atoms with Crippen LogP contribution in [0, 0.1) is 5.92 Å². The van der Waals surface area contributed by atoms with Gasteiger partial charge in [-0.25, -0.2) is 4.98 Å². The van der Waals surface area contributed by atoms with Gasteiger partial charge in [-0.15, -0.1) is 0 Å². The van der Waals surface area contributed by atoms with Crippen molar-refractivity contribution in [1.29, 1.82) is 0 Å². The van der Waals surface area contributed by atoms with E-state index in [4.69, 9.17) is 4.74 Å². The Bertz CT molecular complexity index is 1060. The second-order valence-electron chi connectivity index (χ2n) is 11.4. The number of rotatable bonds is 8. The highest BCUT2D eigenvalue weighted by molar-refractivity contribution is 5.94. The number of hydrogen-bond donors (Lipinski definition) is 0. The molecule has 1 aliphatic carbocycles. The molecule has 1 aromatic heterocycles. The number of ether oxygens (including phenoxy) is 1. The first-order valence-corrected chi connectivity index (χ1v) is 14.9. The molecule has 5 rings (SSSR count). The summed E-state index contributed by atoms with van der Waals surface area (Å²) in [7, 11) is 0. The number of amides is 1. The molecule has 2 saturated heterocycles. The average molecular weight is 559 g/mol. The zero-order valence-corrected chi connectivity index (χ0v) is 23.2. The molecule has 3 heterocycles. The predicted molar refractivity (Wildman–Crippen MR) is 149 cm³/mol. The quantitative estimate of drug-likeness (QED) is 0.397. The topological polar surface area (TPSA) is 48.9 Å². The van der Waals surface area contributed by atoms with Crippen molar-refractivity contribution in [2.24, 2.45) is 5.92 Å². The molecule has 0 N–H and O–H groups in total. The Kier molecular flexibility index (Phi) is 9.63. The number of alkyl halides is 3. The van der Waals surface area contributed by atoms with Crippen molar-refractivity contribution in [3.05, 3.63) is 54.2 Å². The van der Waals surface area contributed by atoms with Gasteiger partial charge in [-0.05, 0) is 75.9 Å². The molecule has 0 atom stereocenters. The van der Waals surface area contributed by atoms with E-state index in [0.29, 0.717) is 18.5 Å². The van der Waals surface area contributed by atoms with Gasteiger partial charge in [0.05, 0.1) is 5.56 Å². The number of nitrogens with zero attached hydrogens (tertiary/aromatic N) is 4. The van der Waals surface area contributed by atoms with Crippen molar-refractivity contribution in [1.82, 2.24) is 14.8 Å². The van der Waals surface area contributed by atoms with E-state index >= 15 is 0 Å². The van der Waals surface area contributed by atoms with Crippen molar-refractivity contribution in [3.8, 4) is 5.75 Å². The van der Waals surface area contributed by atoms with Crippen LogP contribution in [-0.2, 0) is 11.0 Å². The highest BCUT2D eigenvalue weighted by Crippen LogP contribution is 2.34. The first kappa shape index (κ1) is 28.9. The maximum Gasteiger partial charge on any atom is 0.417 e. The van der Waals surface area contributed by atoms with Crippen molar-refractivity contribution in [2.45, 2.75) is 76.0 Å². The minimum absolute atomic E-state index is 0.0369. The summed E-state index contributed by atoms with van der Waals surface area (Å²) >= 11 is 0. The molecule has 0 spiro atoms. The second kappa shape index (κ2) is 13.3. The third-order valence-corrected chi connectivity index (χ3v) is 8.87. The maximum atomic E-state index is 13.7. The lowest BCUT2D eigenvalue weighted by Crippen LogP contribution is -2.53. The van der Waals surface area contributed by atoms with Gasteiger partial charge in [0.25, 0.3) is 0 Å². The van der Waals surface area contributed by atoms with Crippen LogP contribution in [0.5, 0.6) is 5.75 Å². The van der Waals surface area contributed by atoms with Crippen LogP contribution in [0.15, 0.2) is 48.7 Å². The van der Waals surface area contributed by atoms with E-state index in [1.54, 1.807) is 4.90 Å². The van der Waals surface area contributed by atoms with Gasteiger partial charge in [-0.3, -0.25) is 14.6 Å². The molecule has 3 fully saturated rings. The van der Waals surface area contributed by atoms with Gasteiger partial charge in [0, 0.05) is 43.8 Å². The molecule has 1 aromatic carbocycles. The number of hydrogen-bond acceptors (Lipinski definition) is 5. The number of para-hydroxylation sites is 1. The van der Waals surface area contributed by atoms with E-state index in [-0.39, 0.29) is 17.9 Å². The largest absolute Gasteiger partial charge is 0.492 e. The molecule has 6 nitrogen and oxygen atoms in total. The number of anilines is 1. The molecule has 0 unspecified atom stereocenters. The number of benzene rings is 1. The number of halogens is 3. The van der Waals surface area contributed by atoms with Crippen LogP contribution >= 0.6 is 0 Å². The summed E-state index contributed by atoms with van der Waals surface area (Å²) in [5.41, 5.74) is -0.783. The molecule has 218 valence electrons. The minimum atomic E-state index is -4.44. The Labute approximate surface area is 235 Å². The van der Waals surface area contributed by atoms with E-state index in [1.165, 1.54) is 6.07 Å². The smallest absolute Gasteiger partial charge is 0.417 e. The second-order valence-corrected chi connectivity index (χ2v) is 11.4. The van der Waals surface area contributed by atoms with Gasteiger partial charge >= 0.3 is 6.18 Å². The lowest BCUT2D eigenvalue weighted by atomic mass is 9.87. The van der Waals surface area contributed by atoms with Crippen LogP contribution in [0.1, 0.15) is 63.4 Å². The number of aromatic nitrogens is 1. The van der Waals surface area contributed by atoms with Crippen LogP contribution in [0.4, 0.5) is 19.0 Å². The van der Waals surface area contributed by atoms with Crippen molar-refractivity contribution < 1.29 is 22.7 Å². The van der Waals surface area contributed by atoms with Crippen molar-refractivity contribution in [2.75, 3.05) is 44.2 Å². The van der Waals surface area contributed by atoms with E-state index < -0.39 is 11.7 Å². The zero-order valence-electron chi connectivity index (χ0n) is 23.2.